The van der Waals surface area contributed by atoms with E-state index in [9.17, 15) is 9.59 Å². The number of thiophene rings is 1. The van der Waals surface area contributed by atoms with Crippen molar-refractivity contribution in [2.45, 2.75) is 38.3 Å². The van der Waals surface area contributed by atoms with Crippen molar-refractivity contribution in [1.29, 1.82) is 0 Å². The van der Waals surface area contributed by atoms with E-state index in [1.165, 1.54) is 15.3 Å². The Labute approximate surface area is 176 Å². The quantitative estimate of drug-likeness (QED) is 0.668. The van der Waals surface area contributed by atoms with Crippen molar-refractivity contribution in [3.05, 3.63) is 10.4 Å². The largest absolute Gasteiger partial charge is 0.396 e. The second kappa shape index (κ2) is 7.77. The van der Waals surface area contributed by atoms with Gasteiger partial charge in [0.05, 0.1) is 17.6 Å². The van der Waals surface area contributed by atoms with E-state index in [2.05, 4.69) is 22.2 Å². The first-order valence-electron chi connectivity index (χ1n) is 10.4. The van der Waals surface area contributed by atoms with Crippen LogP contribution in [0, 0.1) is 11.8 Å². The van der Waals surface area contributed by atoms with E-state index >= 15 is 0 Å². The number of nitrogen functional groups attached to an aromatic ring is 2. The van der Waals surface area contributed by atoms with E-state index in [4.69, 9.17) is 11.5 Å². The number of nitrogens with one attached hydrogen (secondary N) is 1. The monoisotopic (exact) mass is 420 g/mol. The van der Waals surface area contributed by atoms with Gasteiger partial charge in [0, 0.05) is 37.1 Å². The number of hydrogen-bond donors (Lipinski definition) is 3. The van der Waals surface area contributed by atoms with Gasteiger partial charge in [0.2, 0.25) is 5.91 Å². The predicted molar refractivity (Wildman–Crippen MR) is 116 cm³/mol. The second-order valence-electron chi connectivity index (χ2n) is 8.84. The van der Waals surface area contributed by atoms with Crippen LogP contribution in [0.3, 0.4) is 0 Å². The molecule has 0 radical (unpaired) electrons. The summed E-state index contributed by atoms with van der Waals surface area (Å²) in [5, 5.41) is 3.70. The number of urea groups is 1. The fourth-order valence-electron chi connectivity index (χ4n) is 5.21. The minimum atomic E-state index is -0.263. The van der Waals surface area contributed by atoms with E-state index < -0.39 is 0 Å². The molecule has 3 amide bonds. The highest BCUT2D eigenvalue weighted by molar-refractivity contribution is 7.16. The molecule has 160 valence electrons. The van der Waals surface area contributed by atoms with Crippen molar-refractivity contribution in [2.75, 3.05) is 51.7 Å². The number of hydrogen-bond acceptors (Lipinski definition) is 7. The van der Waals surface area contributed by atoms with Crippen molar-refractivity contribution in [1.82, 2.24) is 20.0 Å². The van der Waals surface area contributed by atoms with Gasteiger partial charge in [-0.15, -0.1) is 11.3 Å². The number of amides is 3. The summed E-state index contributed by atoms with van der Waals surface area (Å²) in [6.07, 6.45) is 2.59. The number of carbonyl (C=O) groups excluding carboxylic acids is 2. The van der Waals surface area contributed by atoms with Gasteiger partial charge in [-0.3, -0.25) is 9.69 Å². The molecule has 3 atom stereocenters. The van der Waals surface area contributed by atoms with Gasteiger partial charge in [-0.05, 0) is 51.8 Å². The minimum Gasteiger partial charge on any atom is -0.396 e. The standard InChI is InChI=1S/C20H32N6O2S/c1-4-26(20(28)23-13-9-24(2)10-13)19(27)12-5-11-6-14-16(29-18(22)17(14)21)7-15(11)25(3)8-12/h11-13,15H,4-10,21-22H2,1-3H3,(H,23,28)/t11-,12-,15-/m1/s1. The average Bonchev–Trinajstić information content (AvgIpc) is 2.93. The van der Waals surface area contributed by atoms with Crippen LogP contribution in [0.25, 0.3) is 0 Å². The summed E-state index contributed by atoms with van der Waals surface area (Å²) in [6, 6.07) is 0.274. The lowest BCUT2D eigenvalue weighted by molar-refractivity contribution is -0.135. The Morgan fingerprint density at radius 3 is 2.59 bits per heavy atom. The van der Waals surface area contributed by atoms with Gasteiger partial charge in [0.25, 0.3) is 0 Å². The molecule has 0 bridgehead atoms. The molecule has 0 unspecified atom stereocenters. The maximum absolute atomic E-state index is 13.2. The van der Waals surface area contributed by atoms with Crippen LogP contribution >= 0.6 is 11.3 Å². The number of anilines is 2. The lowest BCUT2D eigenvalue weighted by Crippen LogP contribution is -2.61. The maximum atomic E-state index is 13.2. The van der Waals surface area contributed by atoms with Crippen LogP contribution in [0.15, 0.2) is 0 Å². The van der Waals surface area contributed by atoms with Crippen molar-refractivity contribution in [3.8, 4) is 0 Å². The van der Waals surface area contributed by atoms with Crippen molar-refractivity contribution < 1.29 is 9.59 Å². The zero-order chi connectivity index (χ0) is 20.9. The molecule has 9 heteroatoms. The maximum Gasteiger partial charge on any atom is 0.324 e. The van der Waals surface area contributed by atoms with E-state index in [1.54, 1.807) is 11.3 Å². The third-order valence-corrected chi connectivity index (χ3v) is 7.89. The van der Waals surface area contributed by atoms with Crippen LogP contribution < -0.4 is 16.8 Å². The van der Waals surface area contributed by atoms with Crippen LogP contribution in [-0.4, -0.2) is 79.0 Å². The Kier molecular flexibility index (Phi) is 5.48. The highest BCUT2D eigenvalue weighted by Crippen LogP contribution is 2.44. The summed E-state index contributed by atoms with van der Waals surface area (Å²) < 4.78 is 0. The molecule has 29 heavy (non-hydrogen) atoms. The molecule has 0 aromatic carbocycles. The van der Waals surface area contributed by atoms with Crippen LogP contribution in [0.1, 0.15) is 23.8 Å². The molecule has 1 aromatic heterocycles. The molecular weight excluding hydrogens is 388 g/mol. The summed E-state index contributed by atoms with van der Waals surface area (Å²) in [6.45, 7) is 4.60. The van der Waals surface area contributed by atoms with E-state index in [0.717, 1.165) is 38.0 Å². The van der Waals surface area contributed by atoms with Gasteiger partial charge in [-0.2, -0.15) is 0 Å². The highest BCUT2D eigenvalue weighted by atomic mass is 32.1. The predicted octanol–water partition coefficient (Wildman–Crippen LogP) is 0.820. The number of imide groups is 1. The number of nitrogens with two attached hydrogens (primary N) is 2. The number of nitrogens with zero attached hydrogens (tertiary/aromatic N) is 3. The Morgan fingerprint density at radius 1 is 1.21 bits per heavy atom. The molecule has 4 rings (SSSR count). The summed E-state index contributed by atoms with van der Waals surface area (Å²) in [5.74, 6) is 0.120. The second-order valence-corrected chi connectivity index (χ2v) is 9.98. The Morgan fingerprint density at radius 2 is 1.93 bits per heavy atom. The molecule has 3 aliphatic rings. The first-order chi connectivity index (χ1) is 13.8. The summed E-state index contributed by atoms with van der Waals surface area (Å²) in [5.41, 5.74) is 14.1. The van der Waals surface area contributed by atoms with Crippen LogP contribution in [0.4, 0.5) is 15.5 Å². The Hall–Kier alpha value is -1.84. The fraction of sp³-hybridized carbons (Fsp3) is 0.700. The molecule has 8 nitrogen and oxygen atoms in total. The van der Waals surface area contributed by atoms with Gasteiger partial charge < -0.3 is 26.6 Å². The van der Waals surface area contributed by atoms with E-state index in [-0.39, 0.29) is 23.9 Å². The lowest BCUT2D eigenvalue weighted by Gasteiger charge is -2.45. The van der Waals surface area contributed by atoms with Crippen LogP contribution in [0.2, 0.25) is 0 Å². The third-order valence-electron chi connectivity index (χ3n) is 6.80. The highest BCUT2D eigenvalue weighted by Gasteiger charge is 2.43. The van der Waals surface area contributed by atoms with Crippen LogP contribution in [0.5, 0.6) is 0 Å². The third kappa shape index (κ3) is 3.71. The zero-order valence-electron chi connectivity index (χ0n) is 17.5. The number of likely N-dealkylation sites (N-methyl/N-ethyl adjacent to an activating group) is 2. The molecule has 2 saturated heterocycles. The van der Waals surface area contributed by atoms with Gasteiger partial charge in [0.15, 0.2) is 0 Å². The molecule has 5 N–H and O–H groups in total. The molecule has 0 saturated carbocycles. The van der Waals surface area contributed by atoms with Gasteiger partial charge >= 0.3 is 6.03 Å². The van der Waals surface area contributed by atoms with Crippen molar-refractivity contribution >= 4 is 34.0 Å². The van der Waals surface area contributed by atoms with Gasteiger partial charge in [-0.1, -0.05) is 0 Å². The first-order valence-corrected chi connectivity index (χ1v) is 11.3. The molecule has 1 aromatic rings. The smallest absolute Gasteiger partial charge is 0.324 e. The molecule has 0 spiro atoms. The van der Waals surface area contributed by atoms with Crippen molar-refractivity contribution in [2.24, 2.45) is 11.8 Å². The number of piperidine rings is 1. The molecule has 3 heterocycles. The SMILES string of the molecule is CCN(C(=O)NC1CN(C)C1)C(=O)[C@@H]1C[C@@H]2Cc3c(sc(N)c3N)C[C@H]2N(C)C1. The van der Waals surface area contributed by atoms with Gasteiger partial charge in [0.1, 0.15) is 5.00 Å². The summed E-state index contributed by atoms with van der Waals surface area (Å²) in [4.78, 5) is 33.0. The number of fused-ring (bicyclic) bond motifs is 2. The van der Waals surface area contributed by atoms with Crippen molar-refractivity contribution in [3.63, 3.8) is 0 Å². The topological polar surface area (TPSA) is 108 Å². The van der Waals surface area contributed by atoms with Crippen LogP contribution in [-0.2, 0) is 17.6 Å². The average molecular weight is 421 g/mol. The number of carbonyl (C=O) groups is 2. The fourth-order valence-corrected chi connectivity index (χ4v) is 6.28. The zero-order valence-corrected chi connectivity index (χ0v) is 18.3. The van der Waals surface area contributed by atoms with E-state index in [0.29, 0.717) is 30.1 Å². The lowest BCUT2D eigenvalue weighted by atomic mass is 9.74. The summed E-state index contributed by atoms with van der Waals surface area (Å²) >= 11 is 1.60. The molecule has 2 fully saturated rings. The molecule has 1 aliphatic carbocycles. The first kappa shape index (κ1) is 20.4. The molecule has 2 aliphatic heterocycles. The Balaban J connectivity index is 1.44. The Bertz CT molecular complexity index is 805. The van der Waals surface area contributed by atoms with Gasteiger partial charge in [-0.25, -0.2) is 4.79 Å². The number of rotatable bonds is 3. The van der Waals surface area contributed by atoms with E-state index in [1.807, 2.05) is 14.0 Å². The number of likely N-dealkylation sites (tertiary alicyclic amines) is 2. The summed E-state index contributed by atoms with van der Waals surface area (Å²) in [7, 11) is 4.10. The normalized spacial score (nSPS) is 27.6. The minimum absolute atomic E-state index is 0.0634. The molecular formula is C20H32N6O2S.